The predicted molar refractivity (Wildman–Crippen MR) is 88.0 cm³/mol. The molecule has 3 nitrogen and oxygen atoms in total. The molecular weight excluding hydrogens is 280 g/mol. The topological polar surface area (TPSA) is 32.3 Å². The van der Waals surface area contributed by atoms with Crippen molar-refractivity contribution < 1.29 is 4.79 Å². The van der Waals surface area contributed by atoms with E-state index in [4.69, 9.17) is 0 Å². The lowest BCUT2D eigenvalue weighted by molar-refractivity contribution is 0.0828. The fourth-order valence-corrected chi connectivity index (χ4v) is 3.67. The molecule has 4 heteroatoms. The summed E-state index contributed by atoms with van der Waals surface area (Å²) in [7, 11) is 3.56. The fourth-order valence-electron chi connectivity index (χ4n) is 2.51. The van der Waals surface area contributed by atoms with Gasteiger partial charge in [-0.15, -0.1) is 11.8 Å². The van der Waals surface area contributed by atoms with Crippen molar-refractivity contribution in [2.24, 2.45) is 0 Å². The van der Waals surface area contributed by atoms with E-state index in [0.717, 1.165) is 17.0 Å². The van der Waals surface area contributed by atoms with Gasteiger partial charge in [0.15, 0.2) is 0 Å². The summed E-state index contributed by atoms with van der Waals surface area (Å²) < 4.78 is 0. The number of carbonyl (C=O) groups is 1. The SMILES string of the molecule is CN(C)C(=O)c1ccccc1NC1CSc2ccccc21. The Hall–Kier alpha value is -1.94. The van der Waals surface area contributed by atoms with Gasteiger partial charge in [-0.1, -0.05) is 30.3 Å². The van der Waals surface area contributed by atoms with Gasteiger partial charge in [0.25, 0.3) is 5.91 Å². The molecule has 1 N–H and O–H groups in total. The molecular formula is C17H18N2OS. The number of carbonyl (C=O) groups excluding carboxylic acids is 1. The monoisotopic (exact) mass is 298 g/mol. The summed E-state index contributed by atoms with van der Waals surface area (Å²) in [5.74, 6) is 1.01. The highest BCUT2D eigenvalue weighted by molar-refractivity contribution is 7.99. The highest BCUT2D eigenvalue weighted by atomic mass is 32.2. The Morgan fingerprint density at radius 3 is 2.67 bits per heavy atom. The molecule has 1 aliphatic heterocycles. The van der Waals surface area contributed by atoms with E-state index in [1.54, 1.807) is 19.0 Å². The maximum absolute atomic E-state index is 12.3. The molecule has 108 valence electrons. The lowest BCUT2D eigenvalue weighted by atomic mass is 10.1. The van der Waals surface area contributed by atoms with E-state index in [9.17, 15) is 4.79 Å². The van der Waals surface area contributed by atoms with Crippen molar-refractivity contribution in [3.63, 3.8) is 0 Å². The van der Waals surface area contributed by atoms with Gasteiger partial charge < -0.3 is 10.2 Å². The van der Waals surface area contributed by atoms with Gasteiger partial charge in [0.05, 0.1) is 11.6 Å². The van der Waals surface area contributed by atoms with Crippen LogP contribution in [0.1, 0.15) is 22.0 Å². The Kier molecular flexibility index (Phi) is 3.88. The molecule has 1 aliphatic rings. The Morgan fingerprint density at radius 1 is 1.14 bits per heavy atom. The zero-order chi connectivity index (χ0) is 14.8. The van der Waals surface area contributed by atoms with Gasteiger partial charge in [0, 0.05) is 30.4 Å². The molecule has 2 aromatic rings. The zero-order valence-corrected chi connectivity index (χ0v) is 13.0. The van der Waals surface area contributed by atoms with Gasteiger partial charge in [0.1, 0.15) is 0 Å². The largest absolute Gasteiger partial charge is 0.377 e. The third-order valence-corrected chi connectivity index (χ3v) is 4.78. The molecule has 0 aromatic heterocycles. The minimum atomic E-state index is 0.0250. The van der Waals surface area contributed by atoms with Gasteiger partial charge >= 0.3 is 0 Å². The lowest BCUT2D eigenvalue weighted by Gasteiger charge is -2.19. The maximum Gasteiger partial charge on any atom is 0.255 e. The first-order valence-electron chi connectivity index (χ1n) is 6.96. The smallest absolute Gasteiger partial charge is 0.255 e. The number of nitrogens with zero attached hydrogens (tertiary/aromatic N) is 1. The van der Waals surface area contributed by atoms with Crippen molar-refractivity contribution >= 4 is 23.4 Å². The normalized spacial score (nSPS) is 16.4. The number of rotatable bonds is 3. The molecule has 0 bridgehead atoms. The molecule has 1 amide bonds. The van der Waals surface area contributed by atoms with Crippen LogP contribution in [0.4, 0.5) is 5.69 Å². The number of thioether (sulfide) groups is 1. The van der Waals surface area contributed by atoms with Crippen LogP contribution < -0.4 is 5.32 Å². The molecule has 1 heterocycles. The van der Waals surface area contributed by atoms with Gasteiger partial charge in [-0.2, -0.15) is 0 Å². The van der Waals surface area contributed by atoms with Crippen LogP contribution >= 0.6 is 11.8 Å². The first-order valence-corrected chi connectivity index (χ1v) is 7.94. The van der Waals surface area contributed by atoms with Crippen LogP contribution in [0, 0.1) is 0 Å². The van der Waals surface area contributed by atoms with Crippen LogP contribution in [0.25, 0.3) is 0 Å². The number of benzene rings is 2. The number of amides is 1. The van der Waals surface area contributed by atoms with Gasteiger partial charge in [0.2, 0.25) is 0 Å². The van der Waals surface area contributed by atoms with E-state index in [2.05, 4.69) is 29.6 Å². The molecule has 0 saturated carbocycles. The highest BCUT2D eigenvalue weighted by Gasteiger charge is 2.24. The second kappa shape index (κ2) is 5.82. The van der Waals surface area contributed by atoms with E-state index in [-0.39, 0.29) is 11.9 Å². The van der Waals surface area contributed by atoms with Crippen LogP contribution in [-0.2, 0) is 0 Å². The number of anilines is 1. The van der Waals surface area contributed by atoms with E-state index < -0.39 is 0 Å². The molecule has 0 saturated heterocycles. The quantitative estimate of drug-likeness (QED) is 0.939. The van der Waals surface area contributed by atoms with E-state index in [1.807, 2.05) is 36.0 Å². The Morgan fingerprint density at radius 2 is 1.86 bits per heavy atom. The molecule has 0 aliphatic carbocycles. The van der Waals surface area contributed by atoms with Crippen molar-refractivity contribution in [1.29, 1.82) is 0 Å². The Labute approximate surface area is 129 Å². The van der Waals surface area contributed by atoms with Crippen LogP contribution in [0.2, 0.25) is 0 Å². The first kappa shape index (κ1) is 14.0. The molecule has 21 heavy (non-hydrogen) atoms. The minimum absolute atomic E-state index is 0.0250. The molecule has 1 unspecified atom stereocenters. The fraction of sp³-hybridized carbons (Fsp3) is 0.235. The number of nitrogens with one attached hydrogen (secondary N) is 1. The minimum Gasteiger partial charge on any atom is -0.377 e. The van der Waals surface area contributed by atoms with Gasteiger partial charge in [-0.25, -0.2) is 0 Å². The molecule has 1 atom stereocenters. The summed E-state index contributed by atoms with van der Waals surface area (Å²) in [5.41, 5.74) is 2.94. The Balaban J connectivity index is 1.88. The average Bonchev–Trinajstić information content (AvgIpc) is 2.90. The molecule has 0 fully saturated rings. The van der Waals surface area contributed by atoms with Gasteiger partial charge in [-0.3, -0.25) is 4.79 Å². The van der Waals surface area contributed by atoms with E-state index in [0.29, 0.717) is 0 Å². The van der Waals surface area contributed by atoms with Crippen molar-refractivity contribution in [2.75, 3.05) is 25.2 Å². The summed E-state index contributed by atoms with van der Waals surface area (Å²) in [6.07, 6.45) is 0. The number of hydrogen-bond donors (Lipinski definition) is 1. The molecule has 0 radical (unpaired) electrons. The molecule has 2 aromatic carbocycles. The van der Waals surface area contributed by atoms with Crippen molar-refractivity contribution in [3.05, 3.63) is 59.7 Å². The second-order valence-corrected chi connectivity index (χ2v) is 6.35. The zero-order valence-electron chi connectivity index (χ0n) is 12.2. The van der Waals surface area contributed by atoms with Crippen molar-refractivity contribution in [1.82, 2.24) is 4.90 Å². The van der Waals surface area contributed by atoms with Crippen LogP contribution in [0.15, 0.2) is 53.4 Å². The second-order valence-electron chi connectivity index (χ2n) is 5.29. The summed E-state index contributed by atoms with van der Waals surface area (Å²) in [4.78, 5) is 15.2. The number of fused-ring (bicyclic) bond motifs is 1. The van der Waals surface area contributed by atoms with E-state index >= 15 is 0 Å². The van der Waals surface area contributed by atoms with Crippen LogP contribution in [-0.4, -0.2) is 30.7 Å². The third-order valence-electron chi connectivity index (χ3n) is 3.59. The predicted octanol–water partition coefficient (Wildman–Crippen LogP) is 3.65. The maximum atomic E-state index is 12.3. The number of para-hydroxylation sites is 1. The van der Waals surface area contributed by atoms with Crippen molar-refractivity contribution in [3.8, 4) is 0 Å². The first-order chi connectivity index (χ1) is 10.2. The summed E-state index contributed by atoms with van der Waals surface area (Å²) in [6.45, 7) is 0. The summed E-state index contributed by atoms with van der Waals surface area (Å²) in [6, 6.07) is 16.4. The van der Waals surface area contributed by atoms with E-state index in [1.165, 1.54) is 10.5 Å². The highest BCUT2D eigenvalue weighted by Crippen LogP contribution is 2.39. The molecule has 3 rings (SSSR count). The summed E-state index contributed by atoms with van der Waals surface area (Å²) >= 11 is 1.86. The lowest BCUT2D eigenvalue weighted by Crippen LogP contribution is -2.23. The standard InChI is InChI=1S/C17H18N2OS/c1-19(2)17(20)13-8-3-5-9-14(13)18-15-11-21-16-10-6-4-7-12(15)16/h3-10,15,18H,11H2,1-2H3. The third kappa shape index (κ3) is 2.76. The molecule has 0 spiro atoms. The summed E-state index contributed by atoms with van der Waals surface area (Å²) in [5, 5.41) is 3.53. The Bertz CT molecular complexity index is 669. The van der Waals surface area contributed by atoms with Crippen LogP contribution in [0.3, 0.4) is 0 Å². The number of hydrogen-bond acceptors (Lipinski definition) is 3. The van der Waals surface area contributed by atoms with Gasteiger partial charge in [-0.05, 0) is 23.8 Å². The van der Waals surface area contributed by atoms with Crippen LogP contribution in [0.5, 0.6) is 0 Å². The van der Waals surface area contributed by atoms with Crippen molar-refractivity contribution in [2.45, 2.75) is 10.9 Å². The average molecular weight is 298 g/mol.